The summed E-state index contributed by atoms with van der Waals surface area (Å²) in [6.07, 6.45) is 2.28. The molecule has 2 aromatic carbocycles. The van der Waals surface area contributed by atoms with Crippen LogP contribution in [-0.2, 0) is 11.4 Å². The minimum absolute atomic E-state index is 0.0287. The number of nitrogens with zero attached hydrogens (tertiary/aromatic N) is 1. The summed E-state index contributed by atoms with van der Waals surface area (Å²) in [7, 11) is 0. The Bertz CT molecular complexity index is 821. The van der Waals surface area contributed by atoms with Gasteiger partial charge in [-0.2, -0.15) is 0 Å². The number of aliphatic hydroxyl groups is 1. The number of rotatable bonds is 7. The Kier molecular flexibility index (Phi) is 5.96. The normalized spacial score (nSPS) is 11.6. The van der Waals surface area contributed by atoms with Crippen molar-refractivity contribution in [1.29, 1.82) is 0 Å². The molecule has 0 aliphatic rings. The molecule has 0 aliphatic heterocycles. The van der Waals surface area contributed by atoms with Gasteiger partial charge < -0.3 is 15.2 Å². The first-order valence-corrected chi connectivity index (χ1v) is 8.35. The largest absolute Gasteiger partial charge is 0.489 e. The van der Waals surface area contributed by atoms with Crippen LogP contribution in [0.5, 0.6) is 5.75 Å². The lowest BCUT2D eigenvalue weighted by atomic mass is 10.1. The smallest absolute Gasteiger partial charge is 0.227 e. The van der Waals surface area contributed by atoms with Crippen molar-refractivity contribution in [3.05, 3.63) is 90.3 Å². The van der Waals surface area contributed by atoms with E-state index in [4.69, 9.17) is 4.74 Å². The van der Waals surface area contributed by atoms with Gasteiger partial charge in [0.05, 0.1) is 24.4 Å². The number of ether oxygens (including phenoxy) is 1. The van der Waals surface area contributed by atoms with Gasteiger partial charge in [-0.3, -0.25) is 9.78 Å². The van der Waals surface area contributed by atoms with Gasteiger partial charge in [-0.1, -0.05) is 42.5 Å². The zero-order chi connectivity index (χ0) is 18.2. The summed E-state index contributed by atoms with van der Waals surface area (Å²) in [5.41, 5.74) is 2.36. The van der Waals surface area contributed by atoms with Crippen LogP contribution in [0.15, 0.2) is 79.1 Å². The second-order valence-corrected chi connectivity index (χ2v) is 5.85. The summed E-state index contributed by atoms with van der Waals surface area (Å²) in [5, 5.41) is 13.0. The maximum Gasteiger partial charge on any atom is 0.227 e. The maximum atomic E-state index is 12.0. The highest BCUT2D eigenvalue weighted by molar-refractivity contribution is 5.90. The average molecular weight is 348 g/mol. The lowest BCUT2D eigenvalue weighted by Crippen LogP contribution is -2.15. The highest BCUT2D eigenvalue weighted by Gasteiger charge is 2.13. The van der Waals surface area contributed by atoms with Crippen LogP contribution in [-0.4, -0.2) is 16.0 Å². The van der Waals surface area contributed by atoms with Crippen molar-refractivity contribution in [3.63, 3.8) is 0 Å². The third-order valence-corrected chi connectivity index (χ3v) is 3.84. The van der Waals surface area contributed by atoms with E-state index in [0.717, 1.165) is 5.56 Å². The van der Waals surface area contributed by atoms with E-state index in [9.17, 15) is 9.90 Å². The van der Waals surface area contributed by atoms with Crippen LogP contribution >= 0.6 is 0 Å². The van der Waals surface area contributed by atoms with Crippen molar-refractivity contribution < 1.29 is 14.6 Å². The van der Waals surface area contributed by atoms with Crippen LogP contribution in [0.1, 0.15) is 23.7 Å². The highest BCUT2D eigenvalue weighted by Crippen LogP contribution is 2.21. The number of nitrogens with one attached hydrogen (secondary N) is 1. The molecule has 0 radical (unpaired) electrons. The number of aromatic nitrogens is 1. The summed E-state index contributed by atoms with van der Waals surface area (Å²) in [5.74, 6) is 0.444. The molecular formula is C21H20N2O3. The third kappa shape index (κ3) is 5.16. The van der Waals surface area contributed by atoms with E-state index in [-0.39, 0.29) is 12.3 Å². The maximum absolute atomic E-state index is 12.0. The molecule has 5 heteroatoms. The van der Waals surface area contributed by atoms with Crippen molar-refractivity contribution in [3.8, 4) is 5.75 Å². The molecule has 2 N–H and O–H groups in total. The Labute approximate surface area is 152 Å². The molecule has 26 heavy (non-hydrogen) atoms. The van der Waals surface area contributed by atoms with Crippen LogP contribution in [0.3, 0.4) is 0 Å². The minimum atomic E-state index is -0.880. The molecule has 1 aromatic heterocycles. The zero-order valence-corrected chi connectivity index (χ0v) is 14.2. The van der Waals surface area contributed by atoms with Crippen molar-refractivity contribution in [2.24, 2.45) is 0 Å². The molecule has 5 nitrogen and oxygen atoms in total. The van der Waals surface area contributed by atoms with Crippen molar-refractivity contribution in [1.82, 2.24) is 4.98 Å². The SMILES string of the molecule is O=C(CC(O)c1ccc(OCc2ccccc2)cc1)Nc1cccnc1. The lowest BCUT2D eigenvalue weighted by molar-refractivity contribution is -0.118. The number of aliphatic hydroxyl groups excluding tert-OH is 1. The number of hydrogen-bond donors (Lipinski definition) is 2. The second-order valence-electron chi connectivity index (χ2n) is 5.85. The molecule has 132 valence electrons. The third-order valence-electron chi connectivity index (χ3n) is 3.84. The zero-order valence-electron chi connectivity index (χ0n) is 14.2. The molecule has 3 aromatic rings. The predicted molar refractivity (Wildman–Crippen MR) is 99.7 cm³/mol. The van der Waals surface area contributed by atoms with Gasteiger partial charge in [0.1, 0.15) is 12.4 Å². The topological polar surface area (TPSA) is 71.5 Å². The average Bonchev–Trinajstić information content (AvgIpc) is 2.68. The van der Waals surface area contributed by atoms with E-state index < -0.39 is 6.10 Å². The molecule has 0 saturated heterocycles. The summed E-state index contributed by atoms with van der Waals surface area (Å²) in [6, 6.07) is 20.5. The van der Waals surface area contributed by atoms with Gasteiger partial charge in [0, 0.05) is 6.20 Å². The molecule has 0 bridgehead atoms. The Morgan fingerprint density at radius 2 is 1.81 bits per heavy atom. The van der Waals surface area contributed by atoms with Crippen LogP contribution in [0, 0.1) is 0 Å². The summed E-state index contributed by atoms with van der Waals surface area (Å²) in [6.45, 7) is 0.482. The standard InChI is InChI=1S/C21H20N2O3/c24-20(13-21(25)23-18-7-4-12-22-14-18)17-8-10-19(11-9-17)26-15-16-5-2-1-3-6-16/h1-12,14,20,24H,13,15H2,(H,23,25). The van der Waals surface area contributed by atoms with Crippen LogP contribution < -0.4 is 10.1 Å². The van der Waals surface area contributed by atoms with E-state index in [1.165, 1.54) is 0 Å². The first-order chi connectivity index (χ1) is 12.7. The number of carbonyl (C=O) groups is 1. The van der Waals surface area contributed by atoms with Crippen LogP contribution in [0.4, 0.5) is 5.69 Å². The first-order valence-electron chi connectivity index (χ1n) is 8.35. The van der Waals surface area contributed by atoms with Gasteiger partial charge in [0.2, 0.25) is 5.91 Å². The number of pyridine rings is 1. The number of hydrogen-bond acceptors (Lipinski definition) is 4. The van der Waals surface area contributed by atoms with E-state index in [2.05, 4.69) is 10.3 Å². The fourth-order valence-corrected chi connectivity index (χ4v) is 2.47. The fraction of sp³-hybridized carbons (Fsp3) is 0.143. The monoisotopic (exact) mass is 348 g/mol. The van der Waals surface area contributed by atoms with Gasteiger partial charge in [-0.15, -0.1) is 0 Å². The number of anilines is 1. The van der Waals surface area contributed by atoms with Crippen molar-refractivity contribution in [2.75, 3.05) is 5.32 Å². The first kappa shape index (κ1) is 17.6. The van der Waals surface area contributed by atoms with E-state index in [1.807, 2.05) is 30.3 Å². The molecule has 1 heterocycles. The summed E-state index contributed by atoms with van der Waals surface area (Å²) in [4.78, 5) is 15.9. The molecule has 0 saturated carbocycles. The molecule has 0 fully saturated rings. The quantitative estimate of drug-likeness (QED) is 0.683. The molecular weight excluding hydrogens is 328 g/mol. The van der Waals surface area contributed by atoms with E-state index in [0.29, 0.717) is 23.6 Å². The number of carbonyl (C=O) groups excluding carboxylic acids is 1. The fourth-order valence-electron chi connectivity index (χ4n) is 2.47. The molecule has 1 amide bonds. The Hall–Kier alpha value is -3.18. The highest BCUT2D eigenvalue weighted by atomic mass is 16.5. The second kappa shape index (κ2) is 8.78. The van der Waals surface area contributed by atoms with Crippen molar-refractivity contribution in [2.45, 2.75) is 19.1 Å². The Balaban J connectivity index is 1.51. The Morgan fingerprint density at radius 1 is 1.04 bits per heavy atom. The molecule has 3 rings (SSSR count). The van der Waals surface area contributed by atoms with Crippen LogP contribution in [0.25, 0.3) is 0 Å². The van der Waals surface area contributed by atoms with Gasteiger partial charge in [-0.05, 0) is 35.4 Å². The number of benzene rings is 2. The Morgan fingerprint density at radius 3 is 2.50 bits per heavy atom. The van der Waals surface area contributed by atoms with Gasteiger partial charge in [0.25, 0.3) is 0 Å². The van der Waals surface area contributed by atoms with Crippen LogP contribution in [0.2, 0.25) is 0 Å². The minimum Gasteiger partial charge on any atom is -0.489 e. The predicted octanol–water partition coefficient (Wildman–Crippen LogP) is 3.72. The van der Waals surface area contributed by atoms with Gasteiger partial charge >= 0.3 is 0 Å². The van der Waals surface area contributed by atoms with Gasteiger partial charge in [-0.25, -0.2) is 0 Å². The molecule has 1 atom stereocenters. The van der Waals surface area contributed by atoms with E-state index in [1.54, 1.807) is 48.8 Å². The molecule has 0 aliphatic carbocycles. The van der Waals surface area contributed by atoms with Crippen molar-refractivity contribution >= 4 is 11.6 Å². The van der Waals surface area contributed by atoms with Gasteiger partial charge in [0.15, 0.2) is 0 Å². The number of amides is 1. The molecule has 1 unspecified atom stereocenters. The lowest BCUT2D eigenvalue weighted by Gasteiger charge is -2.12. The summed E-state index contributed by atoms with van der Waals surface area (Å²) >= 11 is 0. The molecule has 0 spiro atoms. The van der Waals surface area contributed by atoms with E-state index >= 15 is 0 Å². The summed E-state index contributed by atoms with van der Waals surface area (Å²) < 4.78 is 5.72.